The molecule has 0 aromatic rings. The fourth-order valence-electron chi connectivity index (χ4n) is 2.67. The standard InChI is InChI=1S/C12H23N3O/c1-10(2)12-13-9-11(16)15(12)8-7-14-5-3-4-6-14/h10,12-13H,3-9H2,1-2H3. The van der Waals surface area contributed by atoms with Crippen molar-refractivity contribution in [3.05, 3.63) is 0 Å². The molecule has 0 spiro atoms. The van der Waals surface area contributed by atoms with Gasteiger partial charge in [0.25, 0.3) is 0 Å². The number of nitrogens with one attached hydrogen (secondary N) is 1. The zero-order valence-corrected chi connectivity index (χ0v) is 10.4. The zero-order chi connectivity index (χ0) is 11.5. The molecular weight excluding hydrogens is 202 g/mol. The average molecular weight is 225 g/mol. The van der Waals surface area contributed by atoms with Crippen LogP contribution in [0.3, 0.4) is 0 Å². The number of carbonyl (C=O) groups excluding carboxylic acids is 1. The van der Waals surface area contributed by atoms with E-state index in [1.54, 1.807) is 0 Å². The number of amides is 1. The molecule has 0 saturated carbocycles. The first-order chi connectivity index (χ1) is 7.68. The van der Waals surface area contributed by atoms with E-state index in [9.17, 15) is 4.79 Å². The molecule has 92 valence electrons. The van der Waals surface area contributed by atoms with Crippen molar-refractivity contribution >= 4 is 5.91 Å². The van der Waals surface area contributed by atoms with Gasteiger partial charge in [-0.15, -0.1) is 0 Å². The zero-order valence-electron chi connectivity index (χ0n) is 10.4. The van der Waals surface area contributed by atoms with Gasteiger partial charge in [-0.3, -0.25) is 10.1 Å². The van der Waals surface area contributed by atoms with Gasteiger partial charge in [-0.2, -0.15) is 0 Å². The van der Waals surface area contributed by atoms with Gasteiger partial charge in [0.15, 0.2) is 0 Å². The summed E-state index contributed by atoms with van der Waals surface area (Å²) in [7, 11) is 0. The van der Waals surface area contributed by atoms with Crippen LogP contribution in [0.2, 0.25) is 0 Å². The van der Waals surface area contributed by atoms with Crippen molar-refractivity contribution in [3.63, 3.8) is 0 Å². The molecule has 2 aliphatic heterocycles. The minimum absolute atomic E-state index is 0.245. The smallest absolute Gasteiger partial charge is 0.237 e. The lowest BCUT2D eigenvalue weighted by Gasteiger charge is -2.29. The first-order valence-corrected chi connectivity index (χ1v) is 6.43. The predicted octanol–water partition coefficient (Wildman–Crippen LogP) is 0.496. The van der Waals surface area contributed by atoms with Crippen LogP contribution in [-0.2, 0) is 4.79 Å². The quantitative estimate of drug-likeness (QED) is 0.756. The van der Waals surface area contributed by atoms with E-state index in [1.165, 1.54) is 25.9 Å². The number of rotatable bonds is 4. The maximum atomic E-state index is 11.7. The van der Waals surface area contributed by atoms with Crippen molar-refractivity contribution in [2.24, 2.45) is 5.92 Å². The van der Waals surface area contributed by atoms with E-state index < -0.39 is 0 Å². The molecule has 4 nitrogen and oxygen atoms in total. The van der Waals surface area contributed by atoms with Crippen LogP contribution in [0.25, 0.3) is 0 Å². The highest BCUT2D eigenvalue weighted by Crippen LogP contribution is 2.14. The molecule has 0 aliphatic carbocycles. The Morgan fingerprint density at radius 2 is 2.00 bits per heavy atom. The lowest BCUT2D eigenvalue weighted by molar-refractivity contribution is -0.128. The van der Waals surface area contributed by atoms with Gasteiger partial charge < -0.3 is 9.80 Å². The van der Waals surface area contributed by atoms with Gasteiger partial charge in [0, 0.05) is 13.1 Å². The number of nitrogens with zero attached hydrogens (tertiary/aromatic N) is 2. The SMILES string of the molecule is CC(C)C1NCC(=O)N1CCN1CCCC1. The van der Waals surface area contributed by atoms with E-state index >= 15 is 0 Å². The van der Waals surface area contributed by atoms with Gasteiger partial charge in [-0.1, -0.05) is 13.8 Å². The summed E-state index contributed by atoms with van der Waals surface area (Å²) < 4.78 is 0. The fourth-order valence-corrected chi connectivity index (χ4v) is 2.67. The Hall–Kier alpha value is -0.610. The Morgan fingerprint density at radius 3 is 2.62 bits per heavy atom. The maximum Gasteiger partial charge on any atom is 0.237 e. The van der Waals surface area contributed by atoms with Crippen molar-refractivity contribution in [1.82, 2.24) is 15.1 Å². The largest absolute Gasteiger partial charge is 0.325 e. The summed E-state index contributed by atoms with van der Waals surface area (Å²) >= 11 is 0. The molecule has 0 bridgehead atoms. The molecule has 1 N–H and O–H groups in total. The van der Waals surface area contributed by atoms with Crippen LogP contribution in [0.5, 0.6) is 0 Å². The van der Waals surface area contributed by atoms with Gasteiger partial charge in [-0.05, 0) is 31.8 Å². The highest BCUT2D eigenvalue weighted by molar-refractivity contribution is 5.80. The number of hydrogen-bond donors (Lipinski definition) is 1. The summed E-state index contributed by atoms with van der Waals surface area (Å²) in [6.45, 7) is 9.19. The normalized spacial score (nSPS) is 27.3. The third-order valence-electron chi connectivity index (χ3n) is 3.61. The lowest BCUT2D eigenvalue weighted by Crippen LogP contribution is -2.44. The van der Waals surface area contributed by atoms with Crippen LogP contribution in [0, 0.1) is 5.92 Å². The number of likely N-dealkylation sites (tertiary alicyclic amines) is 1. The Kier molecular flexibility index (Phi) is 3.82. The minimum atomic E-state index is 0.245. The van der Waals surface area contributed by atoms with E-state index in [1.807, 2.05) is 4.90 Å². The van der Waals surface area contributed by atoms with E-state index in [-0.39, 0.29) is 12.1 Å². The van der Waals surface area contributed by atoms with E-state index in [0.29, 0.717) is 12.5 Å². The maximum absolute atomic E-state index is 11.7. The molecule has 4 heteroatoms. The van der Waals surface area contributed by atoms with Gasteiger partial charge >= 0.3 is 0 Å². The predicted molar refractivity (Wildman–Crippen MR) is 64.0 cm³/mol. The topological polar surface area (TPSA) is 35.6 Å². The Bertz CT molecular complexity index is 249. The second-order valence-corrected chi connectivity index (χ2v) is 5.21. The van der Waals surface area contributed by atoms with Crippen LogP contribution in [0.1, 0.15) is 26.7 Å². The van der Waals surface area contributed by atoms with Crippen molar-refractivity contribution in [3.8, 4) is 0 Å². The van der Waals surface area contributed by atoms with E-state index in [0.717, 1.165) is 13.1 Å². The summed E-state index contributed by atoms with van der Waals surface area (Å²) in [5.74, 6) is 0.753. The summed E-state index contributed by atoms with van der Waals surface area (Å²) in [6, 6.07) is 0. The molecule has 2 saturated heterocycles. The molecule has 16 heavy (non-hydrogen) atoms. The molecule has 2 rings (SSSR count). The molecule has 0 aromatic heterocycles. The second-order valence-electron chi connectivity index (χ2n) is 5.21. The van der Waals surface area contributed by atoms with Crippen LogP contribution < -0.4 is 5.32 Å². The highest BCUT2D eigenvalue weighted by atomic mass is 16.2. The fraction of sp³-hybridized carbons (Fsp3) is 0.917. The summed E-state index contributed by atoms with van der Waals surface area (Å²) in [4.78, 5) is 16.2. The van der Waals surface area contributed by atoms with Gasteiger partial charge in [0.05, 0.1) is 12.7 Å². The first-order valence-electron chi connectivity index (χ1n) is 6.43. The average Bonchev–Trinajstić information content (AvgIpc) is 2.84. The second kappa shape index (κ2) is 5.15. The third kappa shape index (κ3) is 2.55. The molecule has 1 amide bonds. The molecule has 0 aromatic carbocycles. The summed E-state index contributed by atoms with van der Waals surface area (Å²) in [5, 5.41) is 3.29. The van der Waals surface area contributed by atoms with Crippen molar-refractivity contribution in [1.29, 1.82) is 0 Å². The summed E-state index contributed by atoms with van der Waals surface area (Å²) in [6.07, 6.45) is 2.88. The van der Waals surface area contributed by atoms with E-state index in [4.69, 9.17) is 0 Å². The van der Waals surface area contributed by atoms with Crippen LogP contribution in [0.15, 0.2) is 0 Å². The Morgan fingerprint density at radius 1 is 1.31 bits per heavy atom. The Balaban J connectivity index is 1.83. The molecule has 0 radical (unpaired) electrons. The number of hydrogen-bond acceptors (Lipinski definition) is 3. The van der Waals surface area contributed by atoms with Crippen molar-refractivity contribution in [2.75, 3.05) is 32.7 Å². The molecular formula is C12H23N3O. The van der Waals surface area contributed by atoms with Crippen molar-refractivity contribution in [2.45, 2.75) is 32.9 Å². The van der Waals surface area contributed by atoms with Gasteiger partial charge in [-0.25, -0.2) is 0 Å². The third-order valence-corrected chi connectivity index (χ3v) is 3.61. The van der Waals surface area contributed by atoms with Crippen molar-refractivity contribution < 1.29 is 4.79 Å². The molecule has 2 heterocycles. The first kappa shape index (κ1) is 11.9. The summed E-state index contributed by atoms with van der Waals surface area (Å²) in [5.41, 5.74) is 0. The van der Waals surface area contributed by atoms with E-state index in [2.05, 4.69) is 24.1 Å². The molecule has 2 fully saturated rings. The lowest BCUT2D eigenvalue weighted by atomic mass is 10.1. The molecule has 1 atom stereocenters. The monoisotopic (exact) mass is 225 g/mol. The van der Waals surface area contributed by atoms with Crippen LogP contribution in [0.4, 0.5) is 0 Å². The highest BCUT2D eigenvalue weighted by Gasteiger charge is 2.32. The number of carbonyl (C=O) groups is 1. The Labute approximate surface area is 98.0 Å². The van der Waals surface area contributed by atoms with Crippen LogP contribution in [-0.4, -0.2) is 54.6 Å². The minimum Gasteiger partial charge on any atom is -0.325 e. The van der Waals surface area contributed by atoms with Gasteiger partial charge in [0.1, 0.15) is 0 Å². The molecule has 2 aliphatic rings. The molecule has 1 unspecified atom stereocenters. The van der Waals surface area contributed by atoms with Gasteiger partial charge in [0.2, 0.25) is 5.91 Å². The van der Waals surface area contributed by atoms with Crippen LogP contribution >= 0.6 is 0 Å².